The molecule has 27 heavy (non-hydrogen) atoms. The van der Waals surface area contributed by atoms with Gasteiger partial charge in [-0.05, 0) is 79.6 Å². The quantitative estimate of drug-likeness (QED) is 0.773. The zero-order valence-electron chi connectivity index (χ0n) is 14.6. The molecule has 0 unspecified atom stereocenters. The van der Waals surface area contributed by atoms with Crippen molar-refractivity contribution in [1.29, 1.82) is 0 Å². The van der Waals surface area contributed by atoms with E-state index in [1.807, 2.05) is 0 Å². The molecule has 2 aromatic rings. The molecule has 2 aliphatic carbocycles. The van der Waals surface area contributed by atoms with Gasteiger partial charge >= 0.3 is 5.97 Å². The van der Waals surface area contributed by atoms with Crippen molar-refractivity contribution in [1.82, 2.24) is 0 Å². The van der Waals surface area contributed by atoms with Gasteiger partial charge in [0.1, 0.15) is 11.5 Å². The van der Waals surface area contributed by atoms with E-state index in [2.05, 4.69) is 5.32 Å². The summed E-state index contributed by atoms with van der Waals surface area (Å²) in [5, 5.41) is 13.0. The number of carbonyl (C=O) groups excluding carboxylic acids is 1. The van der Waals surface area contributed by atoms with E-state index >= 15 is 0 Å². The first kappa shape index (κ1) is 17.9. The minimum atomic E-state index is -0.853. The Bertz CT molecular complexity index is 849. The largest absolute Gasteiger partial charge is 0.481 e. The van der Waals surface area contributed by atoms with Crippen molar-refractivity contribution >= 4 is 29.2 Å². The maximum absolute atomic E-state index is 12.7. The number of nitrogens with one attached hydrogen (secondary N) is 1. The minimum Gasteiger partial charge on any atom is -0.481 e. The van der Waals surface area contributed by atoms with Crippen LogP contribution in [0, 0.1) is 23.7 Å². The van der Waals surface area contributed by atoms with Crippen LogP contribution >= 0.6 is 11.6 Å². The summed E-state index contributed by atoms with van der Waals surface area (Å²) >= 11 is 5.86. The van der Waals surface area contributed by atoms with Crippen LogP contribution in [-0.2, 0) is 9.59 Å². The lowest BCUT2D eigenvalue weighted by atomic mass is 9.78. The van der Waals surface area contributed by atoms with Gasteiger partial charge in [0.15, 0.2) is 0 Å². The van der Waals surface area contributed by atoms with Gasteiger partial charge in [-0.2, -0.15) is 0 Å². The molecule has 0 aromatic heterocycles. The minimum absolute atomic E-state index is 0.137. The molecule has 140 valence electrons. The van der Waals surface area contributed by atoms with Crippen LogP contribution in [0.3, 0.4) is 0 Å². The monoisotopic (exact) mass is 385 g/mol. The number of rotatable bonds is 5. The third-order valence-electron chi connectivity index (χ3n) is 5.68. The molecule has 5 nitrogen and oxygen atoms in total. The van der Waals surface area contributed by atoms with Crippen molar-refractivity contribution in [2.75, 3.05) is 5.32 Å². The van der Waals surface area contributed by atoms with Crippen LogP contribution in [0.4, 0.5) is 5.69 Å². The summed E-state index contributed by atoms with van der Waals surface area (Å²) in [7, 11) is 0. The van der Waals surface area contributed by atoms with E-state index in [-0.39, 0.29) is 17.7 Å². The molecular weight excluding hydrogens is 366 g/mol. The first-order valence-corrected chi connectivity index (χ1v) is 9.46. The van der Waals surface area contributed by atoms with Gasteiger partial charge in [-0.1, -0.05) is 11.6 Å². The SMILES string of the molecule is O=C(O)[C@H]1[C@@H]2CC[C@@H](C2)[C@@H]1C(=O)Nc1ccc(Oc2ccc(Cl)cc2)cc1. The summed E-state index contributed by atoms with van der Waals surface area (Å²) in [5.74, 6) is -0.416. The van der Waals surface area contributed by atoms with E-state index in [0.29, 0.717) is 22.2 Å². The molecule has 2 N–H and O–H groups in total. The maximum Gasteiger partial charge on any atom is 0.307 e. The van der Waals surface area contributed by atoms with Crippen LogP contribution in [0.1, 0.15) is 19.3 Å². The second-order valence-corrected chi connectivity index (χ2v) is 7.73. The summed E-state index contributed by atoms with van der Waals surface area (Å²) in [6.45, 7) is 0. The molecule has 0 spiro atoms. The van der Waals surface area contributed by atoms with Gasteiger partial charge < -0.3 is 15.2 Å². The normalized spacial score (nSPS) is 26.0. The van der Waals surface area contributed by atoms with Gasteiger partial charge in [-0.15, -0.1) is 0 Å². The Balaban J connectivity index is 1.41. The molecule has 4 atom stereocenters. The molecular formula is C21H20ClNO4. The van der Waals surface area contributed by atoms with Crippen LogP contribution in [0.15, 0.2) is 48.5 Å². The number of fused-ring (bicyclic) bond motifs is 2. The Morgan fingerprint density at radius 3 is 2.07 bits per heavy atom. The molecule has 0 radical (unpaired) electrons. The highest BCUT2D eigenvalue weighted by molar-refractivity contribution is 6.30. The highest BCUT2D eigenvalue weighted by Crippen LogP contribution is 2.52. The smallest absolute Gasteiger partial charge is 0.307 e. The van der Waals surface area contributed by atoms with Crippen molar-refractivity contribution in [3.05, 3.63) is 53.6 Å². The lowest BCUT2D eigenvalue weighted by molar-refractivity contribution is -0.148. The maximum atomic E-state index is 12.7. The Hall–Kier alpha value is -2.53. The average Bonchev–Trinajstić information content (AvgIpc) is 3.26. The summed E-state index contributed by atoms with van der Waals surface area (Å²) in [6, 6.07) is 14.1. The standard InChI is InChI=1S/C21H20ClNO4/c22-14-3-7-16(8-4-14)27-17-9-5-15(6-10-17)23-20(24)18-12-1-2-13(11-12)19(18)21(25)26/h3-10,12-13,18-19H,1-2,11H2,(H,23,24)(H,25,26)/t12-,13+,18-,19-/m0/s1. The highest BCUT2D eigenvalue weighted by Gasteiger charge is 2.53. The fraction of sp³-hybridized carbons (Fsp3) is 0.333. The van der Waals surface area contributed by atoms with E-state index in [1.165, 1.54) is 0 Å². The Morgan fingerprint density at radius 1 is 0.926 bits per heavy atom. The number of carboxylic acids is 1. The second-order valence-electron chi connectivity index (χ2n) is 7.29. The molecule has 2 fully saturated rings. The first-order valence-electron chi connectivity index (χ1n) is 9.08. The fourth-order valence-electron chi connectivity index (χ4n) is 4.49. The van der Waals surface area contributed by atoms with Crippen LogP contribution in [-0.4, -0.2) is 17.0 Å². The Labute approximate surface area is 162 Å². The van der Waals surface area contributed by atoms with E-state index in [0.717, 1.165) is 19.3 Å². The van der Waals surface area contributed by atoms with Gasteiger partial charge in [0, 0.05) is 10.7 Å². The van der Waals surface area contributed by atoms with Gasteiger partial charge in [0.05, 0.1) is 11.8 Å². The van der Waals surface area contributed by atoms with Crippen LogP contribution in [0.2, 0.25) is 5.02 Å². The summed E-state index contributed by atoms with van der Waals surface area (Å²) in [4.78, 5) is 24.3. The van der Waals surface area contributed by atoms with E-state index < -0.39 is 17.8 Å². The molecule has 2 aromatic carbocycles. The molecule has 2 aliphatic rings. The van der Waals surface area contributed by atoms with Gasteiger partial charge in [0.2, 0.25) is 5.91 Å². The van der Waals surface area contributed by atoms with Crippen molar-refractivity contribution in [2.45, 2.75) is 19.3 Å². The topological polar surface area (TPSA) is 75.6 Å². The van der Waals surface area contributed by atoms with Crippen molar-refractivity contribution in [3.8, 4) is 11.5 Å². The molecule has 4 rings (SSSR count). The number of halogens is 1. The van der Waals surface area contributed by atoms with E-state index in [4.69, 9.17) is 16.3 Å². The Morgan fingerprint density at radius 2 is 1.48 bits per heavy atom. The number of hydrogen-bond donors (Lipinski definition) is 2. The third kappa shape index (κ3) is 3.65. The summed E-state index contributed by atoms with van der Waals surface area (Å²) in [6.07, 6.45) is 2.71. The molecule has 0 saturated heterocycles. The van der Waals surface area contributed by atoms with E-state index in [9.17, 15) is 14.7 Å². The number of aliphatic carboxylic acids is 1. The number of benzene rings is 2. The zero-order valence-corrected chi connectivity index (χ0v) is 15.4. The lowest BCUT2D eigenvalue weighted by Crippen LogP contribution is -2.37. The summed E-state index contributed by atoms with van der Waals surface area (Å²) < 4.78 is 5.73. The number of amides is 1. The van der Waals surface area contributed by atoms with Crippen molar-refractivity contribution in [3.63, 3.8) is 0 Å². The third-order valence-corrected chi connectivity index (χ3v) is 5.93. The molecule has 2 bridgehead atoms. The molecule has 6 heteroatoms. The predicted octanol–water partition coefficient (Wildman–Crippen LogP) is 4.82. The Kier molecular flexibility index (Phi) is 4.79. The van der Waals surface area contributed by atoms with Crippen molar-refractivity contribution in [2.24, 2.45) is 23.7 Å². The summed E-state index contributed by atoms with van der Waals surface area (Å²) in [5.41, 5.74) is 0.635. The highest BCUT2D eigenvalue weighted by atomic mass is 35.5. The first-order chi connectivity index (χ1) is 13.0. The number of hydrogen-bond acceptors (Lipinski definition) is 3. The number of ether oxygens (including phenoxy) is 1. The number of carboxylic acid groups (broad SMARTS) is 1. The molecule has 2 saturated carbocycles. The van der Waals surface area contributed by atoms with Gasteiger partial charge in [0.25, 0.3) is 0 Å². The van der Waals surface area contributed by atoms with Crippen LogP contribution < -0.4 is 10.1 Å². The van der Waals surface area contributed by atoms with Crippen molar-refractivity contribution < 1.29 is 19.4 Å². The van der Waals surface area contributed by atoms with Gasteiger partial charge in [-0.25, -0.2) is 0 Å². The average molecular weight is 386 g/mol. The molecule has 1 amide bonds. The van der Waals surface area contributed by atoms with Crippen LogP contribution in [0.25, 0.3) is 0 Å². The van der Waals surface area contributed by atoms with E-state index in [1.54, 1.807) is 48.5 Å². The molecule has 0 aliphatic heterocycles. The predicted molar refractivity (Wildman–Crippen MR) is 102 cm³/mol. The fourth-order valence-corrected chi connectivity index (χ4v) is 4.62. The lowest BCUT2D eigenvalue weighted by Gasteiger charge is -2.27. The zero-order chi connectivity index (χ0) is 19.0. The van der Waals surface area contributed by atoms with Gasteiger partial charge in [-0.3, -0.25) is 9.59 Å². The van der Waals surface area contributed by atoms with Crippen LogP contribution in [0.5, 0.6) is 11.5 Å². The number of carbonyl (C=O) groups is 2. The second kappa shape index (κ2) is 7.24. The number of anilines is 1. The molecule has 0 heterocycles.